The van der Waals surface area contributed by atoms with Gasteiger partial charge in [0.1, 0.15) is 5.82 Å². The fourth-order valence-corrected chi connectivity index (χ4v) is 5.09. The van der Waals surface area contributed by atoms with Crippen LogP contribution in [0.5, 0.6) is 0 Å². The molecule has 0 amide bonds. The van der Waals surface area contributed by atoms with Crippen molar-refractivity contribution in [3.8, 4) is 17.9 Å². The lowest BCUT2D eigenvalue weighted by Crippen LogP contribution is -2.42. The number of hydrogen-bond acceptors (Lipinski definition) is 2. The third-order valence-electron chi connectivity index (χ3n) is 6.82. The standard InChI is InChI=1S/C25H23FN2/c26-22-3-1-2-18(15-22)4-5-19-6-8-23-20(14-19)7-9-24(23)28-13-10-21(16-27)25(17-28)11-12-25/h1-3,6,8,14-15,21,24H,7,9-13,17H2. The van der Waals surface area contributed by atoms with E-state index >= 15 is 0 Å². The van der Waals surface area contributed by atoms with Crippen LogP contribution in [0.25, 0.3) is 0 Å². The normalized spacial score (nSPS) is 24.9. The van der Waals surface area contributed by atoms with Gasteiger partial charge in [-0.25, -0.2) is 4.39 Å². The zero-order chi connectivity index (χ0) is 19.1. The lowest BCUT2D eigenvalue weighted by molar-refractivity contribution is 0.0868. The highest BCUT2D eigenvalue weighted by atomic mass is 19.1. The summed E-state index contributed by atoms with van der Waals surface area (Å²) in [6, 6.07) is 16.0. The van der Waals surface area contributed by atoms with Gasteiger partial charge in [0.2, 0.25) is 0 Å². The summed E-state index contributed by atoms with van der Waals surface area (Å²) in [6.07, 6.45) is 5.69. The lowest BCUT2D eigenvalue weighted by atomic mass is 9.82. The number of halogens is 1. The fraction of sp³-hybridized carbons (Fsp3) is 0.400. The molecule has 1 aliphatic heterocycles. The van der Waals surface area contributed by atoms with Gasteiger partial charge in [0.25, 0.3) is 0 Å². The Morgan fingerprint density at radius 2 is 1.86 bits per heavy atom. The average molecular weight is 370 g/mol. The zero-order valence-corrected chi connectivity index (χ0v) is 15.9. The topological polar surface area (TPSA) is 27.0 Å². The van der Waals surface area contributed by atoms with Crippen molar-refractivity contribution >= 4 is 0 Å². The summed E-state index contributed by atoms with van der Waals surface area (Å²) in [7, 11) is 0. The molecule has 2 atom stereocenters. The van der Waals surface area contributed by atoms with E-state index in [9.17, 15) is 9.65 Å². The van der Waals surface area contributed by atoms with Crippen LogP contribution in [0.4, 0.5) is 4.39 Å². The molecular formula is C25H23FN2. The van der Waals surface area contributed by atoms with Gasteiger partial charge in [-0.1, -0.05) is 24.0 Å². The van der Waals surface area contributed by atoms with Crippen molar-refractivity contribution in [1.82, 2.24) is 4.90 Å². The van der Waals surface area contributed by atoms with E-state index in [2.05, 4.69) is 41.0 Å². The summed E-state index contributed by atoms with van der Waals surface area (Å²) < 4.78 is 13.3. The Kier molecular flexibility index (Phi) is 4.22. The van der Waals surface area contributed by atoms with Crippen molar-refractivity contribution < 1.29 is 4.39 Å². The first-order chi connectivity index (χ1) is 13.7. The van der Waals surface area contributed by atoms with E-state index in [4.69, 9.17) is 0 Å². The highest BCUT2D eigenvalue weighted by molar-refractivity contribution is 5.47. The van der Waals surface area contributed by atoms with Crippen LogP contribution < -0.4 is 0 Å². The molecule has 0 aromatic heterocycles. The predicted octanol–water partition coefficient (Wildman–Crippen LogP) is 4.84. The molecule has 0 N–H and O–H groups in total. The second-order valence-electron chi connectivity index (χ2n) is 8.53. The second kappa shape index (κ2) is 6.77. The number of likely N-dealkylation sites (tertiary alicyclic amines) is 1. The van der Waals surface area contributed by atoms with Gasteiger partial charge in [-0.3, -0.25) is 4.90 Å². The molecule has 0 bridgehead atoms. The number of nitrogens with zero attached hydrogens (tertiary/aromatic N) is 2. The van der Waals surface area contributed by atoms with Gasteiger partial charge in [0, 0.05) is 30.3 Å². The minimum atomic E-state index is -0.253. The Hall–Kier alpha value is -2.62. The van der Waals surface area contributed by atoms with Gasteiger partial charge >= 0.3 is 0 Å². The fourth-order valence-electron chi connectivity index (χ4n) is 5.09. The van der Waals surface area contributed by atoms with Gasteiger partial charge in [-0.05, 0) is 79.0 Å². The maximum absolute atomic E-state index is 13.3. The largest absolute Gasteiger partial charge is 0.296 e. The van der Waals surface area contributed by atoms with Crippen LogP contribution in [0.15, 0.2) is 42.5 Å². The maximum atomic E-state index is 13.3. The molecule has 2 fully saturated rings. The van der Waals surface area contributed by atoms with E-state index in [0.717, 1.165) is 37.9 Å². The highest BCUT2D eigenvalue weighted by Gasteiger charge is 2.53. The van der Waals surface area contributed by atoms with Crippen molar-refractivity contribution in [3.05, 3.63) is 70.5 Å². The molecule has 1 saturated heterocycles. The van der Waals surface area contributed by atoms with Crippen LogP contribution in [0.3, 0.4) is 0 Å². The third-order valence-corrected chi connectivity index (χ3v) is 6.82. The highest BCUT2D eigenvalue weighted by Crippen LogP contribution is 2.57. The summed E-state index contributed by atoms with van der Waals surface area (Å²) in [5.41, 5.74) is 4.80. The van der Waals surface area contributed by atoms with E-state index < -0.39 is 0 Å². The van der Waals surface area contributed by atoms with Gasteiger partial charge in [0.15, 0.2) is 0 Å². The smallest absolute Gasteiger partial charge is 0.124 e. The molecule has 5 rings (SSSR count). The number of rotatable bonds is 1. The van der Waals surface area contributed by atoms with Crippen molar-refractivity contribution in [3.63, 3.8) is 0 Å². The minimum absolute atomic E-state index is 0.253. The minimum Gasteiger partial charge on any atom is -0.296 e. The summed E-state index contributed by atoms with van der Waals surface area (Å²) in [5.74, 6) is 6.25. The molecule has 0 radical (unpaired) electrons. The molecule has 3 heteroatoms. The second-order valence-corrected chi connectivity index (χ2v) is 8.53. The van der Waals surface area contributed by atoms with Crippen LogP contribution in [-0.2, 0) is 6.42 Å². The Bertz CT molecular complexity index is 1020. The van der Waals surface area contributed by atoms with E-state index in [1.54, 1.807) is 6.07 Å². The molecule has 2 unspecified atom stereocenters. The van der Waals surface area contributed by atoms with Crippen LogP contribution >= 0.6 is 0 Å². The predicted molar refractivity (Wildman–Crippen MR) is 107 cm³/mol. The van der Waals surface area contributed by atoms with E-state index in [1.165, 1.54) is 36.1 Å². The van der Waals surface area contributed by atoms with Crippen molar-refractivity contribution in [1.29, 1.82) is 5.26 Å². The molecule has 2 nitrogen and oxygen atoms in total. The number of aryl methyl sites for hydroxylation is 1. The molecule has 2 aliphatic carbocycles. The van der Waals surface area contributed by atoms with Gasteiger partial charge in [-0.2, -0.15) is 5.26 Å². The van der Waals surface area contributed by atoms with Gasteiger partial charge in [-0.15, -0.1) is 0 Å². The van der Waals surface area contributed by atoms with Gasteiger partial charge < -0.3 is 0 Å². The van der Waals surface area contributed by atoms with Crippen molar-refractivity contribution in [2.24, 2.45) is 11.3 Å². The monoisotopic (exact) mass is 370 g/mol. The Morgan fingerprint density at radius 3 is 2.61 bits per heavy atom. The summed E-state index contributed by atoms with van der Waals surface area (Å²) in [6.45, 7) is 2.11. The number of piperidine rings is 1. The molecule has 3 aliphatic rings. The van der Waals surface area contributed by atoms with Crippen molar-refractivity contribution in [2.75, 3.05) is 13.1 Å². The Morgan fingerprint density at radius 1 is 1.04 bits per heavy atom. The Labute approximate surface area is 166 Å². The van der Waals surface area contributed by atoms with E-state index in [0.29, 0.717) is 11.6 Å². The first-order valence-corrected chi connectivity index (χ1v) is 10.2. The maximum Gasteiger partial charge on any atom is 0.124 e. The first-order valence-electron chi connectivity index (χ1n) is 10.2. The number of fused-ring (bicyclic) bond motifs is 1. The van der Waals surface area contributed by atoms with Crippen LogP contribution in [0.2, 0.25) is 0 Å². The van der Waals surface area contributed by atoms with Gasteiger partial charge in [0.05, 0.1) is 12.0 Å². The quantitative estimate of drug-likeness (QED) is 0.672. The zero-order valence-electron chi connectivity index (χ0n) is 15.9. The van der Waals surface area contributed by atoms with E-state index in [-0.39, 0.29) is 17.2 Å². The number of hydrogen-bond donors (Lipinski definition) is 0. The molecule has 1 heterocycles. The molecular weight excluding hydrogens is 347 g/mol. The third kappa shape index (κ3) is 3.11. The summed E-state index contributed by atoms with van der Waals surface area (Å²) in [5, 5.41) is 9.45. The number of nitriles is 1. The average Bonchev–Trinajstić information content (AvgIpc) is 3.34. The molecule has 2 aromatic rings. The van der Waals surface area contributed by atoms with Crippen molar-refractivity contribution in [2.45, 2.75) is 38.1 Å². The molecule has 2 aromatic carbocycles. The SMILES string of the molecule is N#CC1CCN(C2CCc3cc(C#Cc4cccc(F)c4)ccc32)CC12CC2. The first kappa shape index (κ1) is 17.5. The Balaban J connectivity index is 1.34. The molecule has 1 spiro atoms. The van der Waals surface area contributed by atoms with E-state index in [1.807, 2.05) is 6.07 Å². The molecule has 1 saturated carbocycles. The van der Waals surface area contributed by atoms with Crippen LogP contribution in [0, 0.1) is 40.3 Å². The lowest BCUT2D eigenvalue weighted by Gasteiger charge is -2.40. The molecule has 140 valence electrons. The number of benzene rings is 2. The summed E-state index contributed by atoms with van der Waals surface area (Å²) >= 11 is 0. The van der Waals surface area contributed by atoms with Crippen LogP contribution in [0.1, 0.15) is 54.0 Å². The summed E-state index contributed by atoms with van der Waals surface area (Å²) in [4.78, 5) is 2.63. The van der Waals surface area contributed by atoms with Crippen LogP contribution in [-0.4, -0.2) is 18.0 Å². The molecule has 28 heavy (non-hydrogen) atoms.